The summed E-state index contributed by atoms with van der Waals surface area (Å²) in [6.45, 7) is 1.05. The first kappa shape index (κ1) is 14.6. The van der Waals surface area contributed by atoms with Gasteiger partial charge in [-0.3, -0.25) is 0 Å². The summed E-state index contributed by atoms with van der Waals surface area (Å²) >= 11 is 2.17. The van der Waals surface area contributed by atoms with E-state index in [4.69, 9.17) is 0 Å². The Morgan fingerprint density at radius 3 is 2.60 bits per heavy atom. The first-order valence-corrected chi connectivity index (χ1v) is 8.15. The van der Waals surface area contributed by atoms with E-state index in [9.17, 15) is 13.2 Å². The maximum Gasteiger partial charge on any atom is 0.416 e. The Morgan fingerprint density at radius 2 is 1.95 bits per heavy atom. The van der Waals surface area contributed by atoms with E-state index in [0.29, 0.717) is 23.9 Å². The summed E-state index contributed by atoms with van der Waals surface area (Å²) in [6, 6.07) is 3.36. The van der Waals surface area contributed by atoms with E-state index in [1.165, 1.54) is 12.5 Å². The van der Waals surface area contributed by atoms with Gasteiger partial charge in [0.25, 0.3) is 0 Å². The van der Waals surface area contributed by atoms with Gasteiger partial charge in [-0.2, -0.15) is 13.2 Å². The lowest BCUT2D eigenvalue weighted by molar-refractivity contribution is -0.138. The van der Waals surface area contributed by atoms with Crippen LogP contribution in [0.2, 0.25) is 0 Å². The second-order valence-electron chi connectivity index (χ2n) is 5.76. The van der Waals surface area contributed by atoms with Crippen LogP contribution in [0.25, 0.3) is 0 Å². The van der Waals surface area contributed by atoms with Crippen molar-refractivity contribution in [2.75, 3.05) is 6.54 Å². The smallest absolute Gasteiger partial charge is 0.314 e. The summed E-state index contributed by atoms with van der Waals surface area (Å²) in [6.07, 6.45) is 0.336. The Morgan fingerprint density at radius 1 is 1.15 bits per heavy atom. The van der Waals surface area contributed by atoms with Crippen molar-refractivity contribution in [1.29, 1.82) is 0 Å². The van der Waals surface area contributed by atoms with Crippen LogP contribution in [0, 0.1) is 9.49 Å². The van der Waals surface area contributed by atoms with Gasteiger partial charge in [-0.25, -0.2) is 0 Å². The second kappa shape index (κ2) is 5.48. The summed E-state index contributed by atoms with van der Waals surface area (Å²) in [7, 11) is 0. The van der Waals surface area contributed by atoms with Crippen molar-refractivity contribution in [2.24, 2.45) is 5.92 Å². The number of fused-ring (bicyclic) bond motifs is 1. The van der Waals surface area contributed by atoms with Gasteiger partial charge in [-0.1, -0.05) is 0 Å². The summed E-state index contributed by atoms with van der Waals surface area (Å²) in [4.78, 5) is 0. The highest BCUT2D eigenvalue weighted by molar-refractivity contribution is 14.1. The quantitative estimate of drug-likeness (QED) is 0.705. The minimum absolute atomic E-state index is 0.425. The SMILES string of the molecule is FC(F)(F)c1ccc(I)c2c1CCC(C1CCCN1)C2. The normalized spacial score (nSPS) is 26.6. The molecule has 3 rings (SSSR count). The molecule has 1 heterocycles. The van der Waals surface area contributed by atoms with Crippen molar-refractivity contribution in [3.05, 3.63) is 32.4 Å². The largest absolute Gasteiger partial charge is 0.416 e. The molecule has 1 aromatic rings. The molecule has 1 saturated heterocycles. The number of halogens is 4. The van der Waals surface area contributed by atoms with Crippen LogP contribution in [0.4, 0.5) is 13.2 Å². The fraction of sp³-hybridized carbons (Fsp3) is 0.600. The molecule has 1 fully saturated rings. The number of alkyl halides is 3. The number of benzene rings is 1. The first-order chi connectivity index (χ1) is 9.47. The third kappa shape index (κ3) is 2.71. The molecule has 2 unspecified atom stereocenters. The number of hydrogen-bond donors (Lipinski definition) is 1. The summed E-state index contributed by atoms with van der Waals surface area (Å²) in [5.74, 6) is 0.488. The van der Waals surface area contributed by atoms with Gasteiger partial charge in [0, 0.05) is 9.61 Å². The summed E-state index contributed by atoms with van der Waals surface area (Å²) < 4.78 is 40.3. The third-order valence-corrected chi connectivity index (χ3v) is 5.59. The molecule has 2 atom stereocenters. The van der Waals surface area contributed by atoms with E-state index in [1.807, 2.05) is 0 Å². The van der Waals surface area contributed by atoms with Crippen LogP contribution in [-0.4, -0.2) is 12.6 Å². The molecule has 1 aliphatic heterocycles. The van der Waals surface area contributed by atoms with Gasteiger partial charge in [0.15, 0.2) is 0 Å². The van der Waals surface area contributed by atoms with E-state index in [-0.39, 0.29) is 0 Å². The zero-order valence-corrected chi connectivity index (χ0v) is 13.2. The van der Waals surface area contributed by atoms with Crippen molar-refractivity contribution in [3.8, 4) is 0 Å². The Bertz CT molecular complexity index is 507. The topological polar surface area (TPSA) is 12.0 Å². The average molecular weight is 395 g/mol. The molecule has 0 spiro atoms. The Hall–Kier alpha value is -0.300. The van der Waals surface area contributed by atoms with Crippen molar-refractivity contribution in [3.63, 3.8) is 0 Å². The molecule has 1 nitrogen and oxygen atoms in total. The van der Waals surface area contributed by atoms with E-state index in [1.54, 1.807) is 6.07 Å². The molecule has 0 saturated carbocycles. The number of hydrogen-bond acceptors (Lipinski definition) is 1. The van der Waals surface area contributed by atoms with Gasteiger partial charge in [0.2, 0.25) is 0 Å². The molecular formula is C15H17F3IN. The molecule has 1 aromatic carbocycles. The van der Waals surface area contributed by atoms with Gasteiger partial charge in [0.1, 0.15) is 0 Å². The first-order valence-electron chi connectivity index (χ1n) is 7.07. The molecule has 0 bridgehead atoms. The van der Waals surface area contributed by atoms with Crippen LogP contribution >= 0.6 is 22.6 Å². The predicted molar refractivity (Wildman–Crippen MR) is 80.7 cm³/mol. The molecule has 5 heteroatoms. The van der Waals surface area contributed by atoms with E-state index in [0.717, 1.165) is 34.9 Å². The van der Waals surface area contributed by atoms with Gasteiger partial charge < -0.3 is 5.32 Å². The number of rotatable bonds is 1. The molecule has 0 amide bonds. The summed E-state index contributed by atoms with van der Waals surface area (Å²) in [5, 5.41) is 3.50. The maximum atomic E-state index is 13.1. The van der Waals surface area contributed by atoms with Crippen molar-refractivity contribution in [2.45, 2.75) is 44.3 Å². The highest BCUT2D eigenvalue weighted by Gasteiger charge is 2.37. The van der Waals surface area contributed by atoms with Crippen molar-refractivity contribution in [1.82, 2.24) is 5.32 Å². The van der Waals surface area contributed by atoms with Crippen molar-refractivity contribution < 1.29 is 13.2 Å². The van der Waals surface area contributed by atoms with Crippen LogP contribution in [0.1, 0.15) is 36.0 Å². The van der Waals surface area contributed by atoms with E-state index < -0.39 is 11.7 Å². The van der Waals surface area contributed by atoms with E-state index >= 15 is 0 Å². The zero-order valence-electron chi connectivity index (χ0n) is 11.1. The van der Waals surface area contributed by atoms with Crippen LogP contribution in [0.5, 0.6) is 0 Å². The zero-order chi connectivity index (χ0) is 14.3. The molecule has 0 aromatic heterocycles. The highest BCUT2D eigenvalue weighted by atomic mass is 127. The van der Waals surface area contributed by atoms with Crippen LogP contribution in [0.15, 0.2) is 12.1 Å². The fourth-order valence-corrected chi connectivity index (χ4v) is 4.31. The van der Waals surface area contributed by atoms with Crippen LogP contribution in [0.3, 0.4) is 0 Å². The Balaban J connectivity index is 1.93. The average Bonchev–Trinajstić information content (AvgIpc) is 2.91. The molecule has 2 aliphatic rings. The predicted octanol–water partition coefficient (Wildman–Crippen LogP) is 4.17. The second-order valence-corrected chi connectivity index (χ2v) is 6.92. The Labute approximate surface area is 130 Å². The summed E-state index contributed by atoms with van der Waals surface area (Å²) in [5.41, 5.74) is 1.05. The molecular weight excluding hydrogens is 378 g/mol. The highest BCUT2D eigenvalue weighted by Crippen LogP contribution is 2.40. The Kier molecular flexibility index (Phi) is 4.01. The number of nitrogens with one attached hydrogen (secondary N) is 1. The van der Waals surface area contributed by atoms with Gasteiger partial charge in [-0.15, -0.1) is 0 Å². The lowest BCUT2D eigenvalue weighted by Crippen LogP contribution is -2.35. The molecule has 20 heavy (non-hydrogen) atoms. The van der Waals surface area contributed by atoms with E-state index in [2.05, 4.69) is 27.9 Å². The minimum atomic E-state index is -4.23. The van der Waals surface area contributed by atoms with Gasteiger partial charge >= 0.3 is 6.18 Å². The molecule has 110 valence electrons. The van der Waals surface area contributed by atoms with Gasteiger partial charge in [0.05, 0.1) is 5.56 Å². The lowest BCUT2D eigenvalue weighted by Gasteiger charge is -2.31. The van der Waals surface area contributed by atoms with Gasteiger partial charge in [-0.05, 0) is 90.4 Å². The van der Waals surface area contributed by atoms with Crippen LogP contribution < -0.4 is 5.32 Å². The molecule has 0 radical (unpaired) electrons. The standard InChI is InChI=1S/C15H17F3IN/c16-15(17,18)12-5-6-13(19)11-8-9(3-4-10(11)12)14-2-1-7-20-14/h5-6,9,14,20H,1-4,7-8H2. The van der Waals surface area contributed by atoms with Crippen LogP contribution in [-0.2, 0) is 19.0 Å². The fourth-order valence-electron chi connectivity index (χ4n) is 3.59. The lowest BCUT2D eigenvalue weighted by atomic mass is 9.78. The maximum absolute atomic E-state index is 13.1. The molecule has 1 aliphatic carbocycles. The third-order valence-electron chi connectivity index (χ3n) is 4.58. The minimum Gasteiger partial charge on any atom is -0.314 e. The van der Waals surface area contributed by atoms with Crippen molar-refractivity contribution >= 4 is 22.6 Å². The molecule has 1 N–H and O–H groups in total. The monoisotopic (exact) mass is 395 g/mol.